The van der Waals surface area contributed by atoms with Gasteiger partial charge < -0.3 is 5.32 Å². The van der Waals surface area contributed by atoms with Crippen molar-refractivity contribution in [1.29, 1.82) is 0 Å². The van der Waals surface area contributed by atoms with Gasteiger partial charge in [-0.2, -0.15) is 5.21 Å². The van der Waals surface area contributed by atoms with Crippen LogP contribution in [0.25, 0.3) is 22.8 Å². The van der Waals surface area contributed by atoms with E-state index in [0.717, 1.165) is 36.8 Å². The van der Waals surface area contributed by atoms with E-state index < -0.39 is 0 Å². The van der Waals surface area contributed by atoms with Crippen molar-refractivity contribution in [1.82, 2.24) is 25.9 Å². The van der Waals surface area contributed by atoms with E-state index in [1.54, 1.807) is 0 Å². The van der Waals surface area contributed by atoms with Gasteiger partial charge in [-0.1, -0.05) is 97.1 Å². The molecule has 0 aliphatic heterocycles. The number of H-pyrrole nitrogens is 1. The molecule has 6 heteroatoms. The average Bonchev–Trinajstić information content (AvgIpc) is 3.47. The Morgan fingerprint density at radius 3 is 2.48 bits per heavy atom. The van der Waals surface area contributed by atoms with Crippen molar-refractivity contribution < 1.29 is 4.79 Å². The fourth-order valence-electron chi connectivity index (χ4n) is 5.44. The van der Waals surface area contributed by atoms with Gasteiger partial charge in [0.25, 0.3) is 0 Å². The highest BCUT2D eigenvalue weighted by atomic mass is 16.1. The second kappa shape index (κ2) is 11.9. The summed E-state index contributed by atoms with van der Waals surface area (Å²) in [5, 5.41) is 17.7. The SMILES string of the molecule is O=C(CCCc1cccc(-c2ccccc2)c1)NCc1ccc2c(c1)CCc1ccccc1/C2=C\c1nn[nH]n1. The first kappa shape index (κ1) is 25.4. The van der Waals surface area contributed by atoms with Crippen LogP contribution in [0.4, 0.5) is 0 Å². The zero-order valence-corrected chi connectivity index (χ0v) is 22.3. The van der Waals surface area contributed by atoms with Gasteiger partial charge in [-0.05, 0) is 87.1 Å². The summed E-state index contributed by atoms with van der Waals surface area (Å²) in [5.41, 5.74) is 10.8. The summed E-state index contributed by atoms with van der Waals surface area (Å²) < 4.78 is 0. The van der Waals surface area contributed by atoms with Crippen molar-refractivity contribution in [2.75, 3.05) is 0 Å². The molecule has 1 aliphatic carbocycles. The lowest BCUT2D eigenvalue weighted by atomic mass is 9.92. The number of tetrazole rings is 1. The highest BCUT2D eigenvalue weighted by molar-refractivity contribution is 5.93. The van der Waals surface area contributed by atoms with Crippen molar-refractivity contribution in [3.8, 4) is 11.1 Å². The topological polar surface area (TPSA) is 83.6 Å². The van der Waals surface area contributed by atoms with Crippen LogP contribution in [0.2, 0.25) is 0 Å². The van der Waals surface area contributed by atoms with Gasteiger partial charge in [-0.25, -0.2) is 0 Å². The molecule has 40 heavy (non-hydrogen) atoms. The van der Waals surface area contributed by atoms with Crippen LogP contribution in [0.5, 0.6) is 0 Å². The third-order valence-corrected chi connectivity index (χ3v) is 7.46. The Labute approximate surface area is 234 Å². The molecule has 6 rings (SSSR count). The van der Waals surface area contributed by atoms with Crippen molar-refractivity contribution in [2.24, 2.45) is 0 Å². The number of aromatic nitrogens is 4. The number of hydrogen-bond donors (Lipinski definition) is 2. The normalized spacial score (nSPS) is 13.3. The first-order chi connectivity index (χ1) is 19.7. The van der Waals surface area contributed by atoms with Crippen molar-refractivity contribution >= 4 is 17.6 Å². The maximum absolute atomic E-state index is 12.7. The van der Waals surface area contributed by atoms with E-state index in [-0.39, 0.29) is 5.91 Å². The summed E-state index contributed by atoms with van der Waals surface area (Å²) in [6, 6.07) is 34.0. The number of aryl methyl sites for hydroxylation is 3. The quantitative estimate of drug-likeness (QED) is 0.253. The van der Waals surface area contributed by atoms with Crippen molar-refractivity contribution in [2.45, 2.75) is 38.6 Å². The van der Waals surface area contributed by atoms with Crippen molar-refractivity contribution in [3.05, 3.63) is 136 Å². The number of hydrogen-bond acceptors (Lipinski definition) is 4. The van der Waals surface area contributed by atoms with Crippen LogP contribution in [-0.4, -0.2) is 26.5 Å². The Morgan fingerprint density at radius 2 is 1.60 bits per heavy atom. The second-order valence-electron chi connectivity index (χ2n) is 10.2. The summed E-state index contributed by atoms with van der Waals surface area (Å²) >= 11 is 0. The largest absolute Gasteiger partial charge is 0.352 e. The molecule has 2 N–H and O–H groups in total. The molecule has 0 bridgehead atoms. The summed E-state index contributed by atoms with van der Waals surface area (Å²) in [6.45, 7) is 0.520. The lowest BCUT2D eigenvalue weighted by Crippen LogP contribution is -2.22. The van der Waals surface area contributed by atoms with Crippen LogP contribution in [0.3, 0.4) is 0 Å². The molecular formula is C34H31N5O. The molecule has 1 aliphatic rings. The first-order valence-electron chi connectivity index (χ1n) is 13.8. The van der Waals surface area contributed by atoms with Crippen molar-refractivity contribution in [3.63, 3.8) is 0 Å². The summed E-state index contributed by atoms with van der Waals surface area (Å²) in [7, 11) is 0. The van der Waals surface area contributed by atoms with E-state index in [4.69, 9.17) is 0 Å². The Morgan fingerprint density at radius 1 is 0.800 bits per heavy atom. The lowest BCUT2D eigenvalue weighted by molar-refractivity contribution is -0.121. The van der Waals surface area contributed by atoms with Gasteiger partial charge in [0, 0.05) is 13.0 Å². The van der Waals surface area contributed by atoms with E-state index >= 15 is 0 Å². The monoisotopic (exact) mass is 525 g/mol. The number of carbonyl (C=O) groups is 1. The zero-order chi connectivity index (χ0) is 27.1. The molecule has 1 aromatic heterocycles. The molecule has 0 atom stereocenters. The highest BCUT2D eigenvalue weighted by Crippen LogP contribution is 2.35. The third-order valence-electron chi connectivity index (χ3n) is 7.46. The first-order valence-corrected chi connectivity index (χ1v) is 13.8. The number of rotatable bonds is 8. The van der Waals surface area contributed by atoms with Crippen LogP contribution >= 0.6 is 0 Å². The molecule has 198 valence electrons. The van der Waals surface area contributed by atoms with Gasteiger partial charge in [0.05, 0.1) is 0 Å². The maximum atomic E-state index is 12.7. The number of carbonyl (C=O) groups excluding carboxylic acids is 1. The fraction of sp³-hybridized carbons (Fsp3) is 0.176. The molecule has 6 nitrogen and oxygen atoms in total. The number of benzene rings is 4. The Hall–Kier alpha value is -4.84. The van der Waals surface area contributed by atoms with Gasteiger partial charge in [-0.3, -0.25) is 4.79 Å². The van der Waals surface area contributed by atoms with E-state index in [0.29, 0.717) is 18.8 Å². The van der Waals surface area contributed by atoms with Gasteiger partial charge in [0.15, 0.2) is 5.82 Å². The van der Waals surface area contributed by atoms with Crippen LogP contribution in [0, 0.1) is 0 Å². The van der Waals surface area contributed by atoms with E-state index in [2.05, 4.69) is 117 Å². The van der Waals surface area contributed by atoms with Gasteiger partial charge >= 0.3 is 0 Å². The highest BCUT2D eigenvalue weighted by Gasteiger charge is 2.19. The molecule has 0 fully saturated rings. The van der Waals surface area contributed by atoms with Gasteiger partial charge in [0.1, 0.15) is 0 Å². The maximum Gasteiger partial charge on any atom is 0.220 e. The number of nitrogens with zero attached hydrogens (tertiary/aromatic N) is 3. The minimum absolute atomic E-state index is 0.0826. The smallest absolute Gasteiger partial charge is 0.220 e. The molecule has 0 saturated carbocycles. The van der Waals surface area contributed by atoms with E-state index in [9.17, 15) is 4.79 Å². The van der Waals surface area contributed by atoms with Crippen LogP contribution in [-0.2, 0) is 30.6 Å². The molecule has 4 aromatic carbocycles. The summed E-state index contributed by atoms with van der Waals surface area (Å²) in [5.74, 6) is 0.639. The molecule has 1 amide bonds. The molecule has 1 heterocycles. The van der Waals surface area contributed by atoms with Gasteiger partial charge in [0.2, 0.25) is 5.91 Å². The Kier molecular flexibility index (Phi) is 7.57. The van der Waals surface area contributed by atoms with E-state index in [1.165, 1.54) is 38.9 Å². The molecular weight excluding hydrogens is 494 g/mol. The standard InChI is InChI=1S/C34H31N5O/c40-34(15-7-9-24-8-6-13-28(20-24)26-10-2-1-3-11-26)35-23-25-16-19-31-29(21-25)18-17-27-12-4-5-14-30(27)32(31)22-33-36-38-39-37-33/h1-6,8,10-14,16,19-22H,7,9,15,17-18,23H2,(H,35,40)(H,36,37,38,39)/b32-22+. The van der Waals surface area contributed by atoms with Gasteiger partial charge in [-0.15, -0.1) is 10.2 Å². The molecule has 0 spiro atoms. The number of nitrogens with one attached hydrogen (secondary N) is 2. The molecule has 0 radical (unpaired) electrons. The predicted octanol–water partition coefficient (Wildman–Crippen LogP) is 6.19. The minimum Gasteiger partial charge on any atom is -0.352 e. The van der Waals surface area contributed by atoms with Crippen LogP contribution in [0.15, 0.2) is 97.1 Å². The number of fused-ring (bicyclic) bond motifs is 2. The number of aromatic amines is 1. The second-order valence-corrected chi connectivity index (χ2v) is 10.2. The minimum atomic E-state index is 0.0826. The average molecular weight is 526 g/mol. The Bertz CT molecular complexity index is 1640. The fourth-order valence-corrected chi connectivity index (χ4v) is 5.44. The molecule has 0 unspecified atom stereocenters. The lowest BCUT2D eigenvalue weighted by Gasteiger charge is -2.13. The summed E-state index contributed by atoms with van der Waals surface area (Å²) in [4.78, 5) is 12.7. The van der Waals surface area contributed by atoms with Crippen LogP contribution < -0.4 is 5.32 Å². The van der Waals surface area contributed by atoms with Crippen LogP contribution in [0.1, 0.15) is 52.0 Å². The molecule has 0 saturated heterocycles. The predicted molar refractivity (Wildman–Crippen MR) is 158 cm³/mol. The zero-order valence-electron chi connectivity index (χ0n) is 22.3. The number of amides is 1. The molecule has 5 aromatic rings. The summed E-state index contributed by atoms with van der Waals surface area (Å²) in [6.07, 6.45) is 6.07. The van der Waals surface area contributed by atoms with E-state index in [1.807, 2.05) is 12.1 Å². The Balaban J connectivity index is 1.09. The third kappa shape index (κ3) is 5.91.